The van der Waals surface area contributed by atoms with Gasteiger partial charge in [0.2, 0.25) is 0 Å². The lowest BCUT2D eigenvalue weighted by Crippen LogP contribution is -2.34. The molecule has 1 aliphatic heterocycles. The molecule has 7 heteroatoms. The van der Waals surface area contributed by atoms with Gasteiger partial charge in [-0.05, 0) is 29.2 Å². The highest BCUT2D eigenvalue weighted by molar-refractivity contribution is 5.87. The van der Waals surface area contributed by atoms with Gasteiger partial charge in [0.25, 0.3) is 11.4 Å². The predicted octanol–water partition coefficient (Wildman–Crippen LogP) is 3.85. The first-order valence-corrected chi connectivity index (χ1v) is 9.80. The molecule has 4 rings (SSSR count). The summed E-state index contributed by atoms with van der Waals surface area (Å²) in [6, 6.07) is 15.0. The molecule has 2 aromatic carbocycles. The Bertz CT molecular complexity index is 1240. The van der Waals surface area contributed by atoms with Gasteiger partial charge in [-0.1, -0.05) is 50.2 Å². The zero-order chi connectivity index (χ0) is 21.6. The SMILES string of the molecule is CNC1=C([N+](=O)[O-])C(c2ccc(C(C)C)cc2)c2c(c3ccccc3n(C)c2=O)O1. The van der Waals surface area contributed by atoms with E-state index in [0.717, 1.165) is 10.9 Å². The summed E-state index contributed by atoms with van der Waals surface area (Å²) in [5.41, 5.74) is 2.30. The molecule has 1 aromatic heterocycles. The molecule has 0 fully saturated rings. The van der Waals surface area contributed by atoms with Crippen LogP contribution in [0.2, 0.25) is 0 Å². The van der Waals surface area contributed by atoms with Crippen LogP contribution in [0.5, 0.6) is 5.75 Å². The predicted molar refractivity (Wildman–Crippen MR) is 115 cm³/mol. The van der Waals surface area contributed by atoms with Gasteiger partial charge in [-0.15, -0.1) is 0 Å². The number of benzene rings is 2. The minimum Gasteiger partial charge on any atom is -0.434 e. The summed E-state index contributed by atoms with van der Waals surface area (Å²) in [4.78, 5) is 25.0. The van der Waals surface area contributed by atoms with Crippen molar-refractivity contribution in [1.82, 2.24) is 9.88 Å². The number of nitrogens with zero attached hydrogens (tertiary/aromatic N) is 2. The van der Waals surface area contributed by atoms with Crippen molar-refractivity contribution in [2.75, 3.05) is 7.05 Å². The van der Waals surface area contributed by atoms with Crippen LogP contribution in [0.1, 0.15) is 42.4 Å². The number of nitrogens with one attached hydrogen (secondary N) is 1. The fourth-order valence-corrected chi connectivity index (χ4v) is 4.04. The monoisotopic (exact) mass is 405 g/mol. The Morgan fingerprint density at radius 1 is 1.13 bits per heavy atom. The maximum atomic E-state index is 13.4. The van der Waals surface area contributed by atoms with Crippen molar-refractivity contribution in [3.05, 3.63) is 97.3 Å². The van der Waals surface area contributed by atoms with Gasteiger partial charge in [-0.25, -0.2) is 0 Å². The number of ether oxygens (including phenoxy) is 1. The molecule has 1 atom stereocenters. The molecule has 0 amide bonds. The maximum Gasteiger partial charge on any atom is 0.317 e. The highest BCUT2D eigenvalue weighted by Crippen LogP contribution is 2.44. The molecule has 1 unspecified atom stereocenters. The Balaban J connectivity index is 2.08. The molecule has 7 nitrogen and oxygen atoms in total. The number of aromatic nitrogens is 1. The standard InChI is InChI=1S/C23H23N3O4/c1-13(2)14-9-11-15(12-10-14)18-19-21(30-22(24-3)20(18)26(28)29)16-7-5-6-8-17(16)25(4)23(19)27/h5-13,18,24H,1-4H3. The van der Waals surface area contributed by atoms with Crippen molar-refractivity contribution >= 4 is 10.9 Å². The van der Waals surface area contributed by atoms with Crippen molar-refractivity contribution in [2.24, 2.45) is 7.05 Å². The second kappa shape index (κ2) is 7.33. The number of hydrogen-bond donors (Lipinski definition) is 1. The highest BCUT2D eigenvalue weighted by Gasteiger charge is 2.42. The lowest BCUT2D eigenvalue weighted by molar-refractivity contribution is -0.432. The average molecular weight is 405 g/mol. The van der Waals surface area contributed by atoms with E-state index >= 15 is 0 Å². The topological polar surface area (TPSA) is 86.4 Å². The molecule has 0 saturated heterocycles. The molecule has 3 aromatic rings. The van der Waals surface area contributed by atoms with Gasteiger partial charge in [-0.3, -0.25) is 14.9 Å². The van der Waals surface area contributed by atoms with Crippen molar-refractivity contribution in [2.45, 2.75) is 25.7 Å². The van der Waals surface area contributed by atoms with E-state index in [1.54, 1.807) is 14.1 Å². The van der Waals surface area contributed by atoms with E-state index in [1.165, 1.54) is 4.57 Å². The van der Waals surface area contributed by atoms with Crippen LogP contribution in [-0.4, -0.2) is 16.5 Å². The first-order valence-electron chi connectivity index (χ1n) is 9.80. The van der Waals surface area contributed by atoms with Gasteiger partial charge < -0.3 is 14.6 Å². The van der Waals surface area contributed by atoms with E-state index in [0.29, 0.717) is 22.7 Å². The van der Waals surface area contributed by atoms with E-state index in [4.69, 9.17) is 4.74 Å². The fraction of sp³-hybridized carbons (Fsp3) is 0.261. The van der Waals surface area contributed by atoms with Crippen LogP contribution in [0.25, 0.3) is 10.9 Å². The first kappa shape index (κ1) is 19.7. The Labute approximate surface area is 173 Å². The van der Waals surface area contributed by atoms with E-state index in [2.05, 4.69) is 19.2 Å². The van der Waals surface area contributed by atoms with E-state index < -0.39 is 10.8 Å². The minimum atomic E-state index is -0.851. The average Bonchev–Trinajstić information content (AvgIpc) is 2.75. The second-order valence-corrected chi connectivity index (χ2v) is 7.70. The molecule has 1 aliphatic rings. The smallest absolute Gasteiger partial charge is 0.317 e. The Morgan fingerprint density at radius 3 is 2.40 bits per heavy atom. The number of pyridine rings is 1. The normalized spacial score (nSPS) is 15.8. The minimum absolute atomic E-state index is 0.0452. The lowest BCUT2D eigenvalue weighted by atomic mass is 9.85. The summed E-state index contributed by atoms with van der Waals surface area (Å²) in [7, 11) is 3.25. The fourth-order valence-electron chi connectivity index (χ4n) is 4.04. The number of allylic oxidation sites excluding steroid dienone is 1. The van der Waals surface area contributed by atoms with Gasteiger partial charge in [0.1, 0.15) is 11.7 Å². The highest BCUT2D eigenvalue weighted by atomic mass is 16.6. The Morgan fingerprint density at radius 2 is 1.80 bits per heavy atom. The third-order valence-electron chi connectivity index (χ3n) is 5.65. The molecular weight excluding hydrogens is 382 g/mol. The number of rotatable bonds is 4. The molecule has 2 heterocycles. The van der Waals surface area contributed by atoms with Gasteiger partial charge in [-0.2, -0.15) is 0 Å². The Hall–Kier alpha value is -3.61. The number of fused-ring (bicyclic) bond motifs is 3. The molecule has 154 valence electrons. The van der Waals surface area contributed by atoms with Crippen LogP contribution in [0, 0.1) is 10.1 Å². The zero-order valence-corrected chi connectivity index (χ0v) is 17.3. The summed E-state index contributed by atoms with van der Waals surface area (Å²) in [6.45, 7) is 4.17. The van der Waals surface area contributed by atoms with Crippen molar-refractivity contribution in [3.63, 3.8) is 0 Å². The molecular formula is C23H23N3O4. The van der Waals surface area contributed by atoms with Gasteiger partial charge in [0, 0.05) is 19.5 Å². The largest absolute Gasteiger partial charge is 0.434 e. The summed E-state index contributed by atoms with van der Waals surface area (Å²) >= 11 is 0. The van der Waals surface area contributed by atoms with Crippen LogP contribution in [0.3, 0.4) is 0 Å². The third-order valence-corrected chi connectivity index (χ3v) is 5.65. The molecule has 0 spiro atoms. The van der Waals surface area contributed by atoms with Crippen LogP contribution in [0.4, 0.5) is 0 Å². The summed E-state index contributed by atoms with van der Waals surface area (Å²) in [5, 5.41) is 15.6. The van der Waals surface area contributed by atoms with Crippen LogP contribution in [0.15, 0.2) is 64.9 Å². The molecule has 1 N–H and O–H groups in total. The third kappa shape index (κ3) is 2.94. The summed E-state index contributed by atoms with van der Waals surface area (Å²) in [5.74, 6) is -0.114. The number of nitro groups is 1. The number of para-hydroxylation sites is 1. The Kier molecular flexibility index (Phi) is 4.81. The maximum absolute atomic E-state index is 13.4. The van der Waals surface area contributed by atoms with Crippen LogP contribution >= 0.6 is 0 Å². The van der Waals surface area contributed by atoms with Crippen molar-refractivity contribution in [1.29, 1.82) is 0 Å². The van der Waals surface area contributed by atoms with E-state index in [1.807, 2.05) is 48.5 Å². The second-order valence-electron chi connectivity index (χ2n) is 7.70. The van der Waals surface area contributed by atoms with Gasteiger partial charge in [0.05, 0.1) is 16.0 Å². The molecule has 30 heavy (non-hydrogen) atoms. The van der Waals surface area contributed by atoms with Crippen LogP contribution in [-0.2, 0) is 7.05 Å². The lowest BCUT2D eigenvalue weighted by Gasteiger charge is -2.27. The quantitative estimate of drug-likeness (QED) is 0.526. The molecule has 0 radical (unpaired) electrons. The van der Waals surface area contributed by atoms with E-state index in [-0.39, 0.29) is 22.7 Å². The summed E-state index contributed by atoms with van der Waals surface area (Å²) in [6.07, 6.45) is 0. The van der Waals surface area contributed by atoms with Gasteiger partial charge >= 0.3 is 5.70 Å². The first-order chi connectivity index (χ1) is 14.3. The summed E-state index contributed by atoms with van der Waals surface area (Å²) < 4.78 is 7.45. The van der Waals surface area contributed by atoms with Crippen LogP contribution < -0.4 is 15.6 Å². The van der Waals surface area contributed by atoms with Crippen molar-refractivity contribution in [3.8, 4) is 5.75 Å². The number of hydrogen-bond acceptors (Lipinski definition) is 5. The number of aryl methyl sites for hydroxylation is 1. The van der Waals surface area contributed by atoms with E-state index in [9.17, 15) is 14.9 Å². The van der Waals surface area contributed by atoms with Crippen molar-refractivity contribution < 1.29 is 9.66 Å². The van der Waals surface area contributed by atoms with Gasteiger partial charge in [0.15, 0.2) is 0 Å². The molecule has 0 aliphatic carbocycles. The molecule has 0 saturated carbocycles. The zero-order valence-electron chi connectivity index (χ0n) is 17.3. The molecule has 0 bridgehead atoms.